The van der Waals surface area contributed by atoms with Crippen LogP contribution in [0.5, 0.6) is 11.5 Å². The summed E-state index contributed by atoms with van der Waals surface area (Å²) in [5.41, 5.74) is 0.991. The zero-order valence-corrected chi connectivity index (χ0v) is 12.5. The van der Waals surface area contributed by atoms with E-state index in [1.165, 1.54) is 0 Å². The molecule has 19 heavy (non-hydrogen) atoms. The zero-order chi connectivity index (χ0) is 14.3. The monoisotopic (exact) mass is 281 g/mol. The van der Waals surface area contributed by atoms with Crippen LogP contribution in [0.25, 0.3) is 0 Å². The van der Waals surface area contributed by atoms with Gasteiger partial charge in [0, 0.05) is 32.3 Å². The Morgan fingerprint density at radius 3 is 2.68 bits per heavy atom. The van der Waals surface area contributed by atoms with Crippen molar-refractivity contribution in [2.75, 3.05) is 28.3 Å². The van der Waals surface area contributed by atoms with E-state index < -0.39 is 0 Å². The van der Waals surface area contributed by atoms with E-state index in [2.05, 4.69) is 10.3 Å². The molecule has 1 N–H and O–H groups in total. The highest BCUT2D eigenvalue weighted by molar-refractivity contribution is 7.80. The molecule has 0 aromatic heterocycles. The Kier molecular flexibility index (Phi) is 6.08. The molecule has 0 spiro atoms. The zero-order valence-electron chi connectivity index (χ0n) is 11.6. The van der Waals surface area contributed by atoms with Crippen LogP contribution in [0.1, 0.15) is 5.56 Å². The molecule has 104 valence electrons. The van der Waals surface area contributed by atoms with Crippen LogP contribution in [0.15, 0.2) is 23.2 Å². The third-order valence-corrected chi connectivity index (χ3v) is 2.58. The maximum Gasteiger partial charge on any atom is 0.194 e. The van der Waals surface area contributed by atoms with Crippen LogP contribution in [0.4, 0.5) is 0 Å². The van der Waals surface area contributed by atoms with E-state index in [-0.39, 0.29) is 0 Å². The molecule has 0 bridgehead atoms. The average Bonchev–Trinajstić information content (AvgIpc) is 2.42. The standard InChI is InChI=1S/C13H19N3O2S/c1-16(2)9-15-13(19)14-8-10-5-6-11(17-3)7-12(10)18-4/h5-7,9H,8H2,1-4H3,(H,14,19)/b15-9-. The molecule has 6 heteroatoms. The number of thiocarbonyl (C=S) groups is 1. The van der Waals surface area contributed by atoms with Gasteiger partial charge in [-0.3, -0.25) is 0 Å². The molecule has 0 fully saturated rings. The van der Waals surface area contributed by atoms with Crippen molar-refractivity contribution in [3.05, 3.63) is 23.8 Å². The highest BCUT2D eigenvalue weighted by Crippen LogP contribution is 2.24. The third kappa shape index (κ3) is 5.13. The van der Waals surface area contributed by atoms with Gasteiger partial charge in [-0.1, -0.05) is 0 Å². The molecule has 5 nitrogen and oxygen atoms in total. The minimum Gasteiger partial charge on any atom is -0.497 e. The predicted octanol–water partition coefficient (Wildman–Crippen LogP) is 1.67. The summed E-state index contributed by atoms with van der Waals surface area (Å²) in [5, 5.41) is 3.49. The number of nitrogens with zero attached hydrogens (tertiary/aromatic N) is 2. The molecule has 0 saturated carbocycles. The molecule has 0 amide bonds. The van der Waals surface area contributed by atoms with Crippen molar-refractivity contribution in [1.82, 2.24) is 10.2 Å². The Morgan fingerprint density at radius 2 is 2.11 bits per heavy atom. The van der Waals surface area contributed by atoms with Crippen LogP contribution in [0.3, 0.4) is 0 Å². The van der Waals surface area contributed by atoms with Crippen LogP contribution in [-0.2, 0) is 6.54 Å². The van der Waals surface area contributed by atoms with Crippen LogP contribution < -0.4 is 14.8 Å². The van der Waals surface area contributed by atoms with Crippen molar-refractivity contribution in [3.8, 4) is 11.5 Å². The fourth-order valence-electron chi connectivity index (χ4n) is 1.38. The van der Waals surface area contributed by atoms with Crippen LogP contribution in [0.2, 0.25) is 0 Å². The molecule has 0 aliphatic carbocycles. The van der Waals surface area contributed by atoms with Gasteiger partial charge in [0.25, 0.3) is 0 Å². The number of hydrogen-bond donors (Lipinski definition) is 1. The van der Waals surface area contributed by atoms with E-state index in [4.69, 9.17) is 21.7 Å². The Bertz CT molecular complexity index is 461. The first kappa shape index (κ1) is 15.2. The highest BCUT2D eigenvalue weighted by atomic mass is 32.1. The molecule has 0 radical (unpaired) electrons. The molecular formula is C13H19N3O2S. The van der Waals surface area contributed by atoms with Gasteiger partial charge in [-0.25, -0.2) is 4.99 Å². The van der Waals surface area contributed by atoms with Gasteiger partial charge in [-0.15, -0.1) is 0 Å². The normalized spacial score (nSPS) is 10.3. The predicted molar refractivity (Wildman–Crippen MR) is 81.2 cm³/mol. The Morgan fingerprint density at radius 1 is 1.37 bits per heavy atom. The lowest BCUT2D eigenvalue weighted by molar-refractivity contribution is 0.390. The van der Waals surface area contributed by atoms with E-state index in [1.807, 2.05) is 37.2 Å². The van der Waals surface area contributed by atoms with Gasteiger partial charge in [0.1, 0.15) is 11.5 Å². The summed E-state index contributed by atoms with van der Waals surface area (Å²) < 4.78 is 10.5. The molecule has 0 aliphatic heterocycles. The number of nitrogens with one attached hydrogen (secondary N) is 1. The van der Waals surface area contributed by atoms with Crippen LogP contribution in [0, 0.1) is 0 Å². The van der Waals surface area contributed by atoms with E-state index in [1.54, 1.807) is 20.6 Å². The minimum absolute atomic E-state index is 0.437. The van der Waals surface area contributed by atoms with E-state index >= 15 is 0 Å². The Hall–Kier alpha value is -1.82. The quantitative estimate of drug-likeness (QED) is 0.505. The van der Waals surface area contributed by atoms with Gasteiger partial charge in [-0.05, 0) is 24.4 Å². The van der Waals surface area contributed by atoms with Gasteiger partial charge in [0.2, 0.25) is 0 Å². The molecular weight excluding hydrogens is 262 g/mol. The minimum atomic E-state index is 0.437. The number of aliphatic imine (C=N–C) groups is 1. The van der Waals surface area contributed by atoms with Crippen molar-refractivity contribution in [3.63, 3.8) is 0 Å². The van der Waals surface area contributed by atoms with E-state index in [0.29, 0.717) is 11.7 Å². The molecule has 1 rings (SSSR count). The van der Waals surface area contributed by atoms with Gasteiger partial charge in [-0.2, -0.15) is 0 Å². The first-order chi connectivity index (χ1) is 9.06. The number of benzene rings is 1. The molecule has 1 aromatic carbocycles. The fraction of sp³-hybridized carbons (Fsp3) is 0.385. The van der Waals surface area contributed by atoms with Crippen molar-refractivity contribution >= 4 is 23.7 Å². The maximum atomic E-state index is 5.31. The van der Waals surface area contributed by atoms with Crippen molar-refractivity contribution in [2.24, 2.45) is 4.99 Å². The second-order valence-corrected chi connectivity index (χ2v) is 4.43. The molecule has 0 aliphatic rings. The second kappa shape index (κ2) is 7.58. The fourth-order valence-corrected chi connectivity index (χ4v) is 1.50. The lowest BCUT2D eigenvalue weighted by Crippen LogP contribution is -2.21. The summed E-state index contributed by atoms with van der Waals surface area (Å²) in [7, 11) is 7.02. The van der Waals surface area contributed by atoms with Crippen LogP contribution in [-0.4, -0.2) is 44.7 Å². The van der Waals surface area contributed by atoms with E-state index in [0.717, 1.165) is 17.1 Å². The third-order valence-electron chi connectivity index (χ3n) is 2.33. The number of rotatable bonds is 5. The van der Waals surface area contributed by atoms with Gasteiger partial charge in [0.05, 0.1) is 20.6 Å². The average molecular weight is 281 g/mol. The highest BCUT2D eigenvalue weighted by Gasteiger charge is 2.05. The lowest BCUT2D eigenvalue weighted by Gasteiger charge is -2.11. The summed E-state index contributed by atoms with van der Waals surface area (Å²) in [6.07, 6.45) is 1.65. The van der Waals surface area contributed by atoms with Crippen molar-refractivity contribution in [1.29, 1.82) is 0 Å². The van der Waals surface area contributed by atoms with E-state index in [9.17, 15) is 0 Å². The number of methoxy groups -OCH3 is 2. The Balaban J connectivity index is 2.64. The first-order valence-electron chi connectivity index (χ1n) is 5.76. The summed E-state index contributed by atoms with van der Waals surface area (Å²) in [6, 6.07) is 5.65. The number of ether oxygens (including phenoxy) is 2. The lowest BCUT2D eigenvalue weighted by atomic mass is 10.2. The summed E-state index contributed by atoms with van der Waals surface area (Å²) in [4.78, 5) is 5.91. The molecule has 0 heterocycles. The smallest absolute Gasteiger partial charge is 0.194 e. The first-order valence-corrected chi connectivity index (χ1v) is 6.17. The summed E-state index contributed by atoms with van der Waals surface area (Å²) in [5.74, 6) is 1.51. The number of hydrogen-bond acceptors (Lipinski definition) is 3. The largest absolute Gasteiger partial charge is 0.497 e. The maximum absolute atomic E-state index is 5.31. The molecule has 1 aromatic rings. The molecule has 0 saturated heterocycles. The summed E-state index contributed by atoms with van der Waals surface area (Å²) >= 11 is 5.10. The van der Waals surface area contributed by atoms with Gasteiger partial charge in [0.15, 0.2) is 5.11 Å². The van der Waals surface area contributed by atoms with Gasteiger partial charge < -0.3 is 19.7 Å². The SMILES string of the molecule is COc1ccc(CNC(=S)/N=C\N(C)C)c(OC)c1. The molecule has 0 atom stereocenters. The second-order valence-electron chi connectivity index (χ2n) is 4.04. The van der Waals surface area contributed by atoms with Crippen molar-refractivity contribution < 1.29 is 9.47 Å². The molecule has 0 unspecified atom stereocenters. The van der Waals surface area contributed by atoms with Gasteiger partial charge >= 0.3 is 0 Å². The topological polar surface area (TPSA) is 46.1 Å². The van der Waals surface area contributed by atoms with Crippen molar-refractivity contribution in [2.45, 2.75) is 6.54 Å². The summed E-state index contributed by atoms with van der Waals surface area (Å²) in [6.45, 7) is 0.552. The Labute approximate surface area is 119 Å². The van der Waals surface area contributed by atoms with Crippen LogP contribution >= 0.6 is 12.2 Å².